The molecule has 0 spiro atoms. The number of hydrogen-bond acceptors (Lipinski definition) is 25. The van der Waals surface area contributed by atoms with Crippen molar-refractivity contribution < 1.29 is 122 Å². The van der Waals surface area contributed by atoms with Crippen LogP contribution in [0.3, 0.4) is 0 Å². The summed E-state index contributed by atoms with van der Waals surface area (Å²) in [4.78, 5) is 43.9. The first-order valence-corrected chi connectivity index (χ1v) is 16.7. The summed E-state index contributed by atoms with van der Waals surface area (Å²) in [6.07, 6.45) is -34.1. The van der Waals surface area contributed by atoms with Gasteiger partial charge in [-0.05, 0) is 0 Å². The SMILES string of the molecule is CO[C@@H]1O[C@@H](COC=O)[C@@H](O[C@@H]2OC(COC=O)[C@@H](O[C@@H]3O[C@@H](COC=O)[C@@H](O[C@@H]4OC(COC=O)[C@@H](OC)[C@H](O)C4O)C(O)C3O)[C@@H](O)C2O)C(O)C1O. The summed E-state index contributed by atoms with van der Waals surface area (Å²) in [7, 11) is 2.36. The Labute approximate surface area is 311 Å². The van der Waals surface area contributed by atoms with Crippen molar-refractivity contribution in [1.29, 1.82) is 0 Å². The van der Waals surface area contributed by atoms with Gasteiger partial charge in [-0.15, -0.1) is 0 Å². The quantitative estimate of drug-likeness (QED) is 0.0418. The van der Waals surface area contributed by atoms with E-state index in [1.54, 1.807) is 0 Å². The second-order valence-electron chi connectivity index (χ2n) is 12.6. The maximum atomic E-state index is 11.2. The summed E-state index contributed by atoms with van der Waals surface area (Å²) in [5, 5.41) is 87.2. The number of carbonyl (C=O) groups is 4. The first-order valence-electron chi connectivity index (χ1n) is 16.7. The highest BCUT2D eigenvalue weighted by Crippen LogP contribution is 2.35. The second-order valence-corrected chi connectivity index (χ2v) is 12.6. The van der Waals surface area contributed by atoms with E-state index in [4.69, 9.17) is 61.6 Å². The van der Waals surface area contributed by atoms with Crippen LogP contribution in [0.15, 0.2) is 0 Å². The Morgan fingerprint density at radius 3 is 0.909 bits per heavy atom. The predicted octanol–water partition coefficient (Wildman–Crippen LogP) is -7.72. The number of aliphatic hydroxyl groups is 8. The monoisotopic (exact) mass is 806 g/mol. The molecule has 25 nitrogen and oxygen atoms in total. The minimum Gasteiger partial charge on any atom is -0.465 e. The average molecular weight is 807 g/mol. The lowest BCUT2D eigenvalue weighted by atomic mass is 9.95. The van der Waals surface area contributed by atoms with E-state index in [-0.39, 0.29) is 25.9 Å². The van der Waals surface area contributed by atoms with E-state index < -0.39 is 149 Å². The first kappa shape index (κ1) is 44.9. The fourth-order valence-electron chi connectivity index (χ4n) is 6.49. The van der Waals surface area contributed by atoms with Gasteiger partial charge in [-0.1, -0.05) is 0 Å². The Balaban J connectivity index is 1.52. The number of carbonyl (C=O) groups excluding carboxylic acids is 4. The molecule has 25 heteroatoms. The Morgan fingerprint density at radius 2 is 0.636 bits per heavy atom. The van der Waals surface area contributed by atoms with E-state index in [1.807, 2.05) is 0 Å². The minimum atomic E-state index is -2.08. The standard InChI is InChI=1S/C30H46O25/c1-43-23-11(3-45-7-31)50-28(20(40)15(23)35)54-25-13(5-47-9-33)52-30(22(42)17(25)37)55-26-14(6-48-10-34)51-29(21(41)18(26)38)53-24-12(4-46-8-32)49-27(44-2)19(39)16(24)36/h7-30,35-42H,3-6H2,1-2H3/t11?,12-,13-,14?,15+,16?,17?,18-,19?,20?,21?,22?,23+,24+,25+,26+,27+,28-,29-,30-/m0/s1. The van der Waals surface area contributed by atoms with Gasteiger partial charge >= 0.3 is 0 Å². The van der Waals surface area contributed by atoms with Crippen LogP contribution in [-0.2, 0) is 80.8 Å². The van der Waals surface area contributed by atoms with E-state index in [9.17, 15) is 60.0 Å². The Hall–Kier alpha value is -2.80. The zero-order valence-corrected chi connectivity index (χ0v) is 29.2. The molecule has 8 N–H and O–H groups in total. The largest absolute Gasteiger partial charge is 0.465 e. The Kier molecular flexibility index (Phi) is 17.2. The summed E-state index contributed by atoms with van der Waals surface area (Å²) in [5.74, 6) is 0. The smallest absolute Gasteiger partial charge is 0.293 e. The normalized spacial score (nSPS) is 44.8. The van der Waals surface area contributed by atoms with Crippen molar-refractivity contribution in [3.8, 4) is 0 Å². The first-order chi connectivity index (χ1) is 26.4. The molecule has 4 aliphatic rings. The second kappa shape index (κ2) is 21.1. The highest BCUT2D eigenvalue weighted by Gasteiger charge is 2.56. The maximum absolute atomic E-state index is 11.2. The van der Waals surface area contributed by atoms with E-state index in [1.165, 1.54) is 14.2 Å². The van der Waals surface area contributed by atoms with Gasteiger partial charge in [0.1, 0.15) is 124 Å². The number of rotatable bonds is 20. The minimum absolute atomic E-state index is 0.00802. The van der Waals surface area contributed by atoms with Crippen LogP contribution in [0.5, 0.6) is 0 Å². The fourth-order valence-corrected chi connectivity index (χ4v) is 6.49. The fraction of sp³-hybridized carbons (Fsp3) is 0.867. The molecule has 4 fully saturated rings. The molecule has 55 heavy (non-hydrogen) atoms. The zero-order valence-electron chi connectivity index (χ0n) is 29.2. The van der Waals surface area contributed by atoms with E-state index in [0.717, 1.165) is 0 Å². The summed E-state index contributed by atoms with van der Waals surface area (Å²) >= 11 is 0. The van der Waals surface area contributed by atoms with E-state index >= 15 is 0 Å². The lowest BCUT2D eigenvalue weighted by Crippen LogP contribution is -2.67. The third kappa shape index (κ3) is 10.4. The van der Waals surface area contributed by atoms with Crippen molar-refractivity contribution in [3.05, 3.63) is 0 Å². The van der Waals surface area contributed by atoms with Crippen molar-refractivity contribution in [2.24, 2.45) is 0 Å². The number of aliphatic hydroxyl groups excluding tert-OH is 8. The molecule has 0 saturated carbocycles. The van der Waals surface area contributed by atoms with Gasteiger partial charge in [0.25, 0.3) is 25.9 Å². The molecule has 20 atom stereocenters. The van der Waals surface area contributed by atoms with Crippen molar-refractivity contribution in [3.63, 3.8) is 0 Å². The van der Waals surface area contributed by atoms with Crippen LogP contribution in [0.4, 0.5) is 0 Å². The summed E-state index contributed by atoms with van der Waals surface area (Å²) < 4.78 is 68.9. The molecular weight excluding hydrogens is 760 g/mol. The number of hydrogen-bond donors (Lipinski definition) is 8. The van der Waals surface area contributed by atoms with Gasteiger partial charge in [-0.2, -0.15) is 0 Å². The third-order valence-electron chi connectivity index (χ3n) is 9.26. The molecular formula is C30H46O25. The zero-order chi connectivity index (χ0) is 40.4. The van der Waals surface area contributed by atoms with Crippen molar-refractivity contribution in [1.82, 2.24) is 0 Å². The average Bonchev–Trinajstić information content (AvgIpc) is 3.18. The van der Waals surface area contributed by atoms with Gasteiger partial charge in [0.2, 0.25) is 0 Å². The van der Waals surface area contributed by atoms with E-state index in [2.05, 4.69) is 0 Å². The molecule has 4 rings (SSSR count). The Morgan fingerprint density at radius 1 is 0.382 bits per heavy atom. The highest BCUT2D eigenvalue weighted by atomic mass is 16.8. The Bertz CT molecular complexity index is 1200. The lowest BCUT2D eigenvalue weighted by molar-refractivity contribution is -0.388. The molecule has 0 aromatic rings. The third-order valence-corrected chi connectivity index (χ3v) is 9.26. The number of ether oxygens (including phenoxy) is 13. The molecule has 8 unspecified atom stereocenters. The van der Waals surface area contributed by atoms with Crippen LogP contribution >= 0.6 is 0 Å². The highest BCUT2D eigenvalue weighted by molar-refractivity contribution is 5.37. The topological polar surface area (TPSA) is 350 Å². The summed E-state index contributed by atoms with van der Waals surface area (Å²) in [6.45, 7) is -2.16. The molecule has 0 bridgehead atoms. The van der Waals surface area contributed by atoms with Crippen molar-refractivity contribution in [2.45, 2.75) is 123 Å². The van der Waals surface area contributed by atoms with Crippen LogP contribution in [0, 0.1) is 0 Å². The van der Waals surface area contributed by atoms with Crippen LogP contribution in [0.25, 0.3) is 0 Å². The molecule has 4 saturated heterocycles. The predicted molar refractivity (Wildman–Crippen MR) is 163 cm³/mol. The molecule has 0 radical (unpaired) electrons. The van der Waals surface area contributed by atoms with Crippen LogP contribution in [0.2, 0.25) is 0 Å². The number of methoxy groups -OCH3 is 2. The van der Waals surface area contributed by atoms with Crippen molar-refractivity contribution >= 4 is 25.9 Å². The van der Waals surface area contributed by atoms with Gasteiger partial charge in [-0.3, -0.25) is 19.2 Å². The van der Waals surface area contributed by atoms with Gasteiger partial charge in [0.05, 0.1) is 0 Å². The maximum Gasteiger partial charge on any atom is 0.293 e. The van der Waals surface area contributed by atoms with Gasteiger partial charge in [0, 0.05) is 14.2 Å². The van der Waals surface area contributed by atoms with Crippen LogP contribution in [-0.4, -0.2) is 230 Å². The van der Waals surface area contributed by atoms with Gasteiger partial charge < -0.3 is 102 Å². The van der Waals surface area contributed by atoms with Gasteiger partial charge in [-0.25, -0.2) is 0 Å². The molecule has 4 aliphatic heterocycles. The summed E-state index contributed by atoms with van der Waals surface area (Å²) in [6, 6.07) is 0. The van der Waals surface area contributed by atoms with Crippen LogP contribution < -0.4 is 0 Å². The summed E-state index contributed by atoms with van der Waals surface area (Å²) in [5.41, 5.74) is 0. The van der Waals surface area contributed by atoms with Crippen molar-refractivity contribution in [2.75, 3.05) is 40.6 Å². The lowest BCUT2D eigenvalue weighted by Gasteiger charge is -2.49. The molecule has 0 aromatic carbocycles. The van der Waals surface area contributed by atoms with Gasteiger partial charge in [0.15, 0.2) is 25.2 Å². The van der Waals surface area contributed by atoms with E-state index in [0.29, 0.717) is 0 Å². The van der Waals surface area contributed by atoms with Crippen LogP contribution in [0.1, 0.15) is 0 Å². The molecule has 4 heterocycles. The molecule has 0 aliphatic carbocycles. The molecule has 0 amide bonds. The molecule has 316 valence electrons. The molecule has 0 aromatic heterocycles.